The summed E-state index contributed by atoms with van der Waals surface area (Å²) < 4.78 is 27.6. The van der Waals surface area contributed by atoms with Crippen molar-refractivity contribution in [2.75, 3.05) is 16.8 Å². The number of benzene rings is 2. The zero-order valence-electron chi connectivity index (χ0n) is 15.8. The lowest BCUT2D eigenvalue weighted by atomic mass is 10.1. The molecular formula is C21H17F2N3O2S. The molecule has 0 bridgehead atoms. The maximum Gasteiger partial charge on any atom is 0.263 e. The van der Waals surface area contributed by atoms with Gasteiger partial charge in [0.2, 0.25) is 5.91 Å². The van der Waals surface area contributed by atoms with Crippen molar-refractivity contribution in [1.29, 1.82) is 0 Å². The molecule has 5 nitrogen and oxygen atoms in total. The van der Waals surface area contributed by atoms with E-state index >= 15 is 0 Å². The SMILES string of the molecule is CC(=O)N1CCc2cc(-c3nc(NC(=O)c4c(F)cccc4F)sc3C)ccc21. The minimum absolute atomic E-state index is 0.00622. The van der Waals surface area contributed by atoms with Crippen LogP contribution in [0.5, 0.6) is 0 Å². The number of nitrogens with zero attached hydrogens (tertiary/aromatic N) is 2. The van der Waals surface area contributed by atoms with Crippen molar-refractivity contribution in [2.24, 2.45) is 0 Å². The van der Waals surface area contributed by atoms with Gasteiger partial charge in [-0.3, -0.25) is 14.9 Å². The van der Waals surface area contributed by atoms with Crippen LogP contribution in [0.15, 0.2) is 36.4 Å². The number of rotatable bonds is 3. The summed E-state index contributed by atoms with van der Waals surface area (Å²) in [5.41, 5.74) is 2.87. The first-order chi connectivity index (χ1) is 13.8. The van der Waals surface area contributed by atoms with Crippen LogP contribution in [-0.2, 0) is 11.2 Å². The Kier molecular flexibility index (Phi) is 4.87. The van der Waals surface area contributed by atoms with Crippen LogP contribution < -0.4 is 10.2 Å². The third kappa shape index (κ3) is 3.51. The predicted octanol–water partition coefficient (Wildman–Crippen LogP) is 4.56. The Bertz CT molecular complexity index is 1120. The van der Waals surface area contributed by atoms with Gasteiger partial charge in [-0.25, -0.2) is 13.8 Å². The molecule has 0 unspecified atom stereocenters. The van der Waals surface area contributed by atoms with E-state index in [0.29, 0.717) is 12.2 Å². The highest BCUT2D eigenvalue weighted by Gasteiger charge is 2.24. The Balaban J connectivity index is 1.61. The molecule has 2 amide bonds. The van der Waals surface area contributed by atoms with E-state index in [-0.39, 0.29) is 11.0 Å². The molecule has 4 rings (SSSR count). The first-order valence-electron chi connectivity index (χ1n) is 8.99. The van der Waals surface area contributed by atoms with Gasteiger partial charge in [-0.1, -0.05) is 12.1 Å². The number of carbonyl (C=O) groups is 2. The summed E-state index contributed by atoms with van der Waals surface area (Å²) in [5.74, 6) is -2.73. The van der Waals surface area contributed by atoms with Crippen molar-refractivity contribution in [2.45, 2.75) is 20.3 Å². The van der Waals surface area contributed by atoms with Gasteiger partial charge in [-0.2, -0.15) is 0 Å². The zero-order chi connectivity index (χ0) is 20.7. The summed E-state index contributed by atoms with van der Waals surface area (Å²) in [7, 11) is 0. The van der Waals surface area contributed by atoms with Crippen LogP contribution in [0.2, 0.25) is 0 Å². The molecule has 3 aromatic rings. The molecule has 0 fully saturated rings. The lowest BCUT2D eigenvalue weighted by Crippen LogP contribution is -2.25. The number of amides is 2. The summed E-state index contributed by atoms with van der Waals surface area (Å²) in [4.78, 5) is 31.1. The molecule has 2 aromatic carbocycles. The average Bonchev–Trinajstić information content (AvgIpc) is 3.24. The molecular weight excluding hydrogens is 396 g/mol. The maximum absolute atomic E-state index is 13.8. The van der Waals surface area contributed by atoms with Crippen molar-refractivity contribution in [1.82, 2.24) is 4.98 Å². The van der Waals surface area contributed by atoms with Crippen molar-refractivity contribution < 1.29 is 18.4 Å². The van der Waals surface area contributed by atoms with Crippen LogP contribution >= 0.6 is 11.3 Å². The van der Waals surface area contributed by atoms with Crippen LogP contribution in [0.1, 0.15) is 27.7 Å². The van der Waals surface area contributed by atoms with Gasteiger partial charge in [-0.15, -0.1) is 11.3 Å². The van der Waals surface area contributed by atoms with E-state index in [1.54, 1.807) is 11.8 Å². The minimum atomic E-state index is -0.926. The van der Waals surface area contributed by atoms with Crippen molar-refractivity contribution in [3.05, 3.63) is 64.0 Å². The largest absolute Gasteiger partial charge is 0.312 e. The van der Waals surface area contributed by atoms with E-state index in [0.717, 1.165) is 40.2 Å². The molecule has 0 saturated heterocycles. The van der Waals surface area contributed by atoms with E-state index in [9.17, 15) is 18.4 Å². The fourth-order valence-corrected chi connectivity index (χ4v) is 4.30. The van der Waals surface area contributed by atoms with E-state index in [2.05, 4.69) is 10.3 Å². The first-order valence-corrected chi connectivity index (χ1v) is 9.81. The predicted molar refractivity (Wildman–Crippen MR) is 108 cm³/mol. The molecule has 0 saturated carbocycles. The summed E-state index contributed by atoms with van der Waals surface area (Å²) in [6.45, 7) is 4.06. The Morgan fingerprint density at radius 2 is 1.90 bits per heavy atom. The number of aromatic nitrogens is 1. The van der Waals surface area contributed by atoms with E-state index in [1.165, 1.54) is 17.4 Å². The second-order valence-electron chi connectivity index (χ2n) is 6.74. The fourth-order valence-electron chi connectivity index (χ4n) is 3.47. The van der Waals surface area contributed by atoms with E-state index < -0.39 is 23.1 Å². The number of fused-ring (bicyclic) bond motifs is 1. The lowest BCUT2D eigenvalue weighted by Gasteiger charge is -2.14. The molecule has 0 radical (unpaired) electrons. The van der Waals surface area contributed by atoms with Crippen LogP contribution in [-0.4, -0.2) is 23.3 Å². The summed E-state index contributed by atoms with van der Waals surface area (Å²) in [6, 6.07) is 9.03. The van der Waals surface area contributed by atoms with Crippen molar-refractivity contribution >= 4 is 34.0 Å². The average molecular weight is 413 g/mol. The lowest BCUT2D eigenvalue weighted by molar-refractivity contribution is -0.116. The highest BCUT2D eigenvalue weighted by molar-refractivity contribution is 7.16. The van der Waals surface area contributed by atoms with Gasteiger partial charge in [0.15, 0.2) is 5.13 Å². The third-order valence-electron chi connectivity index (χ3n) is 4.84. The normalized spacial score (nSPS) is 12.8. The Morgan fingerprint density at radius 3 is 2.59 bits per heavy atom. The molecule has 0 aliphatic carbocycles. The monoisotopic (exact) mass is 413 g/mol. The number of thiazole rings is 1. The molecule has 1 aromatic heterocycles. The number of nitrogens with one attached hydrogen (secondary N) is 1. The Labute approximate surface area is 170 Å². The van der Waals surface area contributed by atoms with Crippen LogP contribution in [0, 0.1) is 18.6 Å². The maximum atomic E-state index is 13.8. The van der Waals surface area contributed by atoms with Crippen molar-refractivity contribution in [3.8, 4) is 11.3 Å². The molecule has 0 atom stereocenters. The highest BCUT2D eigenvalue weighted by atomic mass is 32.1. The number of carbonyl (C=O) groups excluding carboxylic acids is 2. The van der Waals surface area contributed by atoms with Crippen LogP contribution in [0.4, 0.5) is 19.6 Å². The number of halogens is 2. The van der Waals surface area contributed by atoms with Crippen molar-refractivity contribution in [3.63, 3.8) is 0 Å². The summed E-state index contributed by atoms with van der Waals surface area (Å²) in [5, 5.41) is 2.74. The summed E-state index contributed by atoms with van der Waals surface area (Å²) in [6.07, 6.45) is 0.766. The number of hydrogen-bond donors (Lipinski definition) is 1. The van der Waals surface area contributed by atoms with Gasteiger partial charge in [0.1, 0.15) is 17.2 Å². The second kappa shape index (κ2) is 7.36. The van der Waals surface area contributed by atoms with Gasteiger partial charge in [0.05, 0.1) is 5.69 Å². The molecule has 29 heavy (non-hydrogen) atoms. The molecule has 2 heterocycles. The number of hydrogen-bond acceptors (Lipinski definition) is 4. The minimum Gasteiger partial charge on any atom is -0.312 e. The van der Waals surface area contributed by atoms with Crippen LogP contribution in [0.3, 0.4) is 0 Å². The molecule has 8 heteroatoms. The highest BCUT2D eigenvalue weighted by Crippen LogP contribution is 2.35. The zero-order valence-corrected chi connectivity index (χ0v) is 16.6. The molecule has 148 valence electrons. The van der Waals surface area contributed by atoms with Gasteiger partial charge >= 0.3 is 0 Å². The smallest absolute Gasteiger partial charge is 0.263 e. The fraction of sp³-hybridized carbons (Fsp3) is 0.190. The summed E-state index contributed by atoms with van der Waals surface area (Å²) >= 11 is 1.23. The molecule has 1 aliphatic heterocycles. The van der Waals surface area contributed by atoms with Gasteiger partial charge in [-0.05, 0) is 43.2 Å². The Morgan fingerprint density at radius 1 is 1.17 bits per heavy atom. The third-order valence-corrected chi connectivity index (χ3v) is 5.72. The second-order valence-corrected chi connectivity index (χ2v) is 7.94. The van der Waals surface area contributed by atoms with Crippen LogP contribution in [0.25, 0.3) is 11.3 Å². The molecule has 0 spiro atoms. The van der Waals surface area contributed by atoms with E-state index in [4.69, 9.17) is 0 Å². The quantitative estimate of drug-likeness (QED) is 0.685. The van der Waals surface area contributed by atoms with E-state index in [1.807, 2.05) is 25.1 Å². The molecule has 1 aliphatic rings. The first kappa shape index (κ1) is 19.2. The standard InChI is InChI=1S/C21H17F2N3O2S/c1-11-19(14-6-7-17-13(10-14)8-9-26(17)12(2)27)24-21(29-11)25-20(28)18-15(22)4-3-5-16(18)23/h3-7,10H,8-9H2,1-2H3,(H,24,25,28). The topological polar surface area (TPSA) is 62.3 Å². The molecule has 1 N–H and O–H groups in total. The number of aryl methyl sites for hydroxylation is 1. The van der Waals surface area contributed by atoms with Gasteiger partial charge in [0.25, 0.3) is 5.91 Å². The van der Waals surface area contributed by atoms with Gasteiger partial charge < -0.3 is 4.90 Å². The van der Waals surface area contributed by atoms with Gasteiger partial charge in [0, 0.05) is 29.6 Å². The number of anilines is 2. The Hall–Kier alpha value is -3.13.